The van der Waals surface area contributed by atoms with Crippen LogP contribution in [0.1, 0.15) is 0 Å². The molecule has 2 heterocycles. The standard InChI is InChI=1S/C12H8BrN3O/c13-10-5-2-6-11-14-15-12(16(10)11)8-3-1-4-9(17)7-8/h1-7,17H. The lowest BCUT2D eigenvalue weighted by Gasteiger charge is -2.02. The average molecular weight is 290 g/mol. The Bertz CT molecular complexity index is 693. The van der Waals surface area contributed by atoms with Gasteiger partial charge in [-0.25, -0.2) is 0 Å². The van der Waals surface area contributed by atoms with Crippen molar-refractivity contribution in [2.75, 3.05) is 0 Å². The van der Waals surface area contributed by atoms with Crippen LogP contribution in [0.2, 0.25) is 0 Å². The van der Waals surface area contributed by atoms with E-state index < -0.39 is 0 Å². The lowest BCUT2D eigenvalue weighted by atomic mass is 10.2. The molecule has 84 valence electrons. The Labute approximate surface area is 106 Å². The number of hydrogen-bond donors (Lipinski definition) is 1. The number of rotatable bonds is 1. The second-order valence-electron chi connectivity index (χ2n) is 3.62. The van der Waals surface area contributed by atoms with Gasteiger partial charge in [-0.05, 0) is 40.2 Å². The van der Waals surface area contributed by atoms with Gasteiger partial charge in [-0.1, -0.05) is 18.2 Å². The van der Waals surface area contributed by atoms with Gasteiger partial charge in [0.15, 0.2) is 11.5 Å². The van der Waals surface area contributed by atoms with Crippen molar-refractivity contribution in [2.45, 2.75) is 0 Å². The van der Waals surface area contributed by atoms with E-state index in [1.165, 1.54) is 0 Å². The Balaban J connectivity index is 2.31. The summed E-state index contributed by atoms with van der Waals surface area (Å²) in [6.07, 6.45) is 0. The Morgan fingerprint density at radius 3 is 2.71 bits per heavy atom. The molecular weight excluding hydrogens is 282 g/mol. The van der Waals surface area contributed by atoms with Gasteiger partial charge in [0.05, 0.1) is 4.60 Å². The van der Waals surface area contributed by atoms with Gasteiger partial charge in [0.25, 0.3) is 0 Å². The Kier molecular flexibility index (Phi) is 2.33. The maximum Gasteiger partial charge on any atom is 0.169 e. The number of fused-ring (bicyclic) bond motifs is 1. The topological polar surface area (TPSA) is 50.4 Å². The summed E-state index contributed by atoms with van der Waals surface area (Å²) in [5.74, 6) is 0.912. The van der Waals surface area contributed by atoms with Crippen LogP contribution in [0.25, 0.3) is 17.0 Å². The molecule has 0 unspecified atom stereocenters. The van der Waals surface area contributed by atoms with Crippen molar-refractivity contribution in [3.05, 3.63) is 47.1 Å². The predicted molar refractivity (Wildman–Crippen MR) is 67.8 cm³/mol. The summed E-state index contributed by atoms with van der Waals surface area (Å²) < 4.78 is 2.76. The number of phenols is 1. The number of halogens is 1. The maximum atomic E-state index is 9.48. The minimum Gasteiger partial charge on any atom is -0.508 e. The van der Waals surface area contributed by atoms with E-state index in [0.717, 1.165) is 15.8 Å². The van der Waals surface area contributed by atoms with E-state index in [2.05, 4.69) is 26.1 Å². The molecule has 17 heavy (non-hydrogen) atoms. The van der Waals surface area contributed by atoms with E-state index in [-0.39, 0.29) is 5.75 Å². The van der Waals surface area contributed by atoms with Crippen LogP contribution in [0.15, 0.2) is 47.1 Å². The molecule has 0 atom stereocenters. The molecule has 3 rings (SSSR count). The van der Waals surface area contributed by atoms with Gasteiger partial charge in [-0.15, -0.1) is 10.2 Å². The summed E-state index contributed by atoms with van der Waals surface area (Å²) in [7, 11) is 0. The quantitative estimate of drug-likeness (QED) is 0.701. The van der Waals surface area contributed by atoms with Crippen molar-refractivity contribution < 1.29 is 5.11 Å². The largest absolute Gasteiger partial charge is 0.508 e. The first-order chi connectivity index (χ1) is 8.25. The first kappa shape index (κ1) is 10.3. The van der Waals surface area contributed by atoms with E-state index in [4.69, 9.17) is 0 Å². The summed E-state index contributed by atoms with van der Waals surface area (Å²) in [5, 5.41) is 17.7. The molecule has 4 nitrogen and oxygen atoms in total. The molecule has 0 fully saturated rings. The highest BCUT2D eigenvalue weighted by molar-refractivity contribution is 9.10. The van der Waals surface area contributed by atoms with Crippen molar-refractivity contribution in [1.29, 1.82) is 0 Å². The van der Waals surface area contributed by atoms with Crippen molar-refractivity contribution in [3.8, 4) is 17.1 Å². The molecule has 0 saturated carbocycles. The summed E-state index contributed by atoms with van der Waals surface area (Å²) in [4.78, 5) is 0. The van der Waals surface area contributed by atoms with Crippen LogP contribution in [-0.2, 0) is 0 Å². The fraction of sp³-hybridized carbons (Fsp3) is 0. The van der Waals surface area contributed by atoms with Crippen LogP contribution in [-0.4, -0.2) is 19.7 Å². The summed E-state index contributed by atoms with van der Waals surface area (Å²) in [6, 6.07) is 12.7. The van der Waals surface area contributed by atoms with E-state index >= 15 is 0 Å². The predicted octanol–water partition coefficient (Wildman–Crippen LogP) is 2.86. The second kappa shape index (κ2) is 3.85. The number of hydrogen-bond acceptors (Lipinski definition) is 3. The highest BCUT2D eigenvalue weighted by Gasteiger charge is 2.10. The van der Waals surface area contributed by atoms with E-state index in [0.29, 0.717) is 5.82 Å². The van der Waals surface area contributed by atoms with Crippen molar-refractivity contribution in [2.24, 2.45) is 0 Å². The van der Waals surface area contributed by atoms with Gasteiger partial charge in [-0.2, -0.15) is 0 Å². The number of aromatic nitrogens is 3. The normalized spacial score (nSPS) is 10.9. The van der Waals surface area contributed by atoms with Crippen LogP contribution in [0.5, 0.6) is 5.75 Å². The lowest BCUT2D eigenvalue weighted by Crippen LogP contribution is -1.90. The molecule has 0 saturated heterocycles. The molecule has 0 spiro atoms. The Morgan fingerprint density at radius 1 is 1.06 bits per heavy atom. The zero-order valence-electron chi connectivity index (χ0n) is 8.71. The zero-order valence-corrected chi connectivity index (χ0v) is 10.3. The Hall–Kier alpha value is -1.88. The molecule has 0 bridgehead atoms. The molecule has 1 aromatic carbocycles. The number of benzene rings is 1. The summed E-state index contributed by atoms with van der Waals surface area (Å²) in [6.45, 7) is 0. The molecule has 0 aliphatic carbocycles. The van der Waals surface area contributed by atoms with Crippen LogP contribution in [0.4, 0.5) is 0 Å². The summed E-state index contributed by atoms with van der Waals surface area (Å²) in [5.41, 5.74) is 1.59. The maximum absolute atomic E-state index is 9.48. The first-order valence-electron chi connectivity index (χ1n) is 5.05. The molecular formula is C12H8BrN3O. The number of pyridine rings is 1. The smallest absolute Gasteiger partial charge is 0.169 e. The fourth-order valence-corrected chi connectivity index (χ4v) is 2.24. The van der Waals surface area contributed by atoms with E-state index in [9.17, 15) is 5.11 Å². The molecule has 0 aliphatic rings. The number of phenolic OH excluding ortho intramolecular Hbond substituents is 1. The van der Waals surface area contributed by atoms with Gasteiger partial charge in [0.2, 0.25) is 0 Å². The third-order valence-corrected chi connectivity index (χ3v) is 3.10. The highest BCUT2D eigenvalue weighted by Crippen LogP contribution is 2.24. The Morgan fingerprint density at radius 2 is 1.88 bits per heavy atom. The molecule has 1 N–H and O–H groups in total. The number of nitrogens with zero attached hydrogens (tertiary/aromatic N) is 3. The van der Waals surface area contributed by atoms with Gasteiger partial charge < -0.3 is 5.11 Å². The molecule has 0 radical (unpaired) electrons. The van der Waals surface area contributed by atoms with Gasteiger partial charge in [0, 0.05) is 5.56 Å². The van der Waals surface area contributed by atoms with Crippen LogP contribution in [0, 0.1) is 0 Å². The minimum atomic E-state index is 0.214. The highest BCUT2D eigenvalue weighted by atomic mass is 79.9. The molecule has 0 aliphatic heterocycles. The molecule has 2 aromatic heterocycles. The van der Waals surface area contributed by atoms with Crippen LogP contribution < -0.4 is 0 Å². The third kappa shape index (κ3) is 1.68. The summed E-state index contributed by atoms with van der Waals surface area (Å²) >= 11 is 3.46. The molecule has 5 heteroatoms. The van der Waals surface area contributed by atoms with Gasteiger partial charge >= 0.3 is 0 Å². The van der Waals surface area contributed by atoms with Gasteiger partial charge in [0.1, 0.15) is 5.75 Å². The average Bonchev–Trinajstić information content (AvgIpc) is 2.74. The second-order valence-corrected chi connectivity index (χ2v) is 4.43. The van der Waals surface area contributed by atoms with Crippen molar-refractivity contribution in [1.82, 2.24) is 14.6 Å². The van der Waals surface area contributed by atoms with Crippen LogP contribution in [0.3, 0.4) is 0 Å². The first-order valence-corrected chi connectivity index (χ1v) is 5.84. The van der Waals surface area contributed by atoms with E-state index in [1.807, 2.05) is 28.7 Å². The SMILES string of the molecule is Oc1cccc(-c2nnc3cccc(Br)n23)c1. The molecule has 3 aromatic rings. The monoisotopic (exact) mass is 289 g/mol. The fourth-order valence-electron chi connectivity index (χ4n) is 1.73. The lowest BCUT2D eigenvalue weighted by molar-refractivity contribution is 0.475. The van der Waals surface area contributed by atoms with Gasteiger partial charge in [-0.3, -0.25) is 4.40 Å². The van der Waals surface area contributed by atoms with Crippen LogP contribution >= 0.6 is 15.9 Å². The van der Waals surface area contributed by atoms with Crippen molar-refractivity contribution >= 4 is 21.6 Å². The molecule has 0 amide bonds. The van der Waals surface area contributed by atoms with Crippen molar-refractivity contribution in [3.63, 3.8) is 0 Å². The zero-order chi connectivity index (χ0) is 11.8. The van der Waals surface area contributed by atoms with E-state index in [1.54, 1.807) is 18.2 Å². The minimum absolute atomic E-state index is 0.214. The number of aromatic hydroxyl groups is 1. The third-order valence-electron chi connectivity index (χ3n) is 2.49.